The molecule has 0 aliphatic heterocycles. The van der Waals surface area contributed by atoms with Crippen molar-refractivity contribution in [2.24, 2.45) is 5.41 Å². The Bertz CT molecular complexity index is 313. The SMILES string of the molecule is C=C1CCC1(C)C(O)c1ccco1. The average molecular weight is 178 g/mol. The van der Waals surface area contributed by atoms with Crippen molar-refractivity contribution in [2.45, 2.75) is 25.9 Å². The molecule has 2 unspecified atom stereocenters. The van der Waals surface area contributed by atoms with E-state index in [2.05, 4.69) is 6.58 Å². The molecule has 2 heteroatoms. The summed E-state index contributed by atoms with van der Waals surface area (Å²) in [6.07, 6.45) is 3.06. The van der Waals surface area contributed by atoms with E-state index in [1.165, 1.54) is 0 Å². The van der Waals surface area contributed by atoms with E-state index < -0.39 is 6.10 Å². The third-order valence-electron chi connectivity index (χ3n) is 3.17. The van der Waals surface area contributed by atoms with Crippen LogP contribution in [0.3, 0.4) is 0 Å². The molecule has 1 saturated carbocycles. The van der Waals surface area contributed by atoms with E-state index in [1.54, 1.807) is 12.3 Å². The molecule has 0 radical (unpaired) electrons. The second-order valence-electron chi connectivity index (χ2n) is 3.94. The molecular formula is C11H14O2. The Morgan fingerprint density at radius 1 is 1.69 bits per heavy atom. The molecule has 1 fully saturated rings. The van der Waals surface area contributed by atoms with Crippen LogP contribution in [0.25, 0.3) is 0 Å². The molecular weight excluding hydrogens is 164 g/mol. The fourth-order valence-corrected chi connectivity index (χ4v) is 1.79. The predicted molar refractivity (Wildman–Crippen MR) is 50.1 cm³/mol. The summed E-state index contributed by atoms with van der Waals surface area (Å²) in [6.45, 7) is 5.98. The Morgan fingerprint density at radius 2 is 2.46 bits per heavy atom. The third kappa shape index (κ3) is 1.13. The predicted octanol–water partition coefficient (Wildman–Crippen LogP) is 2.67. The van der Waals surface area contributed by atoms with Gasteiger partial charge in [-0.3, -0.25) is 0 Å². The topological polar surface area (TPSA) is 33.4 Å². The minimum absolute atomic E-state index is 0.169. The van der Waals surface area contributed by atoms with E-state index in [0.29, 0.717) is 5.76 Å². The highest BCUT2D eigenvalue weighted by Gasteiger charge is 2.44. The van der Waals surface area contributed by atoms with Gasteiger partial charge in [-0.2, -0.15) is 0 Å². The minimum atomic E-state index is -0.538. The van der Waals surface area contributed by atoms with Gasteiger partial charge in [-0.25, -0.2) is 0 Å². The molecule has 0 amide bonds. The van der Waals surface area contributed by atoms with Gasteiger partial charge in [0.1, 0.15) is 11.9 Å². The van der Waals surface area contributed by atoms with Gasteiger partial charge in [-0.05, 0) is 25.0 Å². The second-order valence-corrected chi connectivity index (χ2v) is 3.94. The van der Waals surface area contributed by atoms with Crippen LogP contribution in [-0.2, 0) is 0 Å². The maximum Gasteiger partial charge on any atom is 0.133 e. The van der Waals surface area contributed by atoms with Crippen molar-refractivity contribution in [2.75, 3.05) is 0 Å². The summed E-state index contributed by atoms with van der Waals surface area (Å²) in [5.41, 5.74) is 0.953. The van der Waals surface area contributed by atoms with Crippen molar-refractivity contribution in [3.63, 3.8) is 0 Å². The fourth-order valence-electron chi connectivity index (χ4n) is 1.79. The molecule has 13 heavy (non-hydrogen) atoms. The van der Waals surface area contributed by atoms with Crippen LogP contribution < -0.4 is 0 Å². The lowest BCUT2D eigenvalue weighted by Crippen LogP contribution is -2.35. The van der Waals surface area contributed by atoms with Crippen molar-refractivity contribution >= 4 is 0 Å². The van der Waals surface area contributed by atoms with Gasteiger partial charge in [-0.1, -0.05) is 19.1 Å². The maximum absolute atomic E-state index is 10.0. The zero-order valence-corrected chi connectivity index (χ0v) is 7.79. The smallest absolute Gasteiger partial charge is 0.133 e. The Hall–Kier alpha value is -1.02. The van der Waals surface area contributed by atoms with Gasteiger partial charge >= 0.3 is 0 Å². The van der Waals surface area contributed by atoms with E-state index >= 15 is 0 Å². The van der Waals surface area contributed by atoms with Gasteiger partial charge in [0.15, 0.2) is 0 Å². The van der Waals surface area contributed by atoms with Crippen molar-refractivity contribution in [1.82, 2.24) is 0 Å². The Kier molecular flexibility index (Phi) is 1.81. The standard InChI is InChI=1S/C11H14O2/c1-8-5-6-11(8,2)10(12)9-4-3-7-13-9/h3-4,7,10,12H,1,5-6H2,2H3. The Morgan fingerprint density at radius 3 is 2.85 bits per heavy atom. The van der Waals surface area contributed by atoms with E-state index in [4.69, 9.17) is 4.42 Å². The van der Waals surface area contributed by atoms with E-state index in [9.17, 15) is 5.11 Å². The van der Waals surface area contributed by atoms with Gasteiger partial charge in [0.05, 0.1) is 6.26 Å². The molecule has 1 N–H and O–H groups in total. The number of hydrogen-bond donors (Lipinski definition) is 1. The van der Waals surface area contributed by atoms with Crippen LogP contribution in [0.15, 0.2) is 35.0 Å². The van der Waals surface area contributed by atoms with Gasteiger partial charge in [0.2, 0.25) is 0 Å². The van der Waals surface area contributed by atoms with E-state index in [0.717, 1.165) is 18.4 Å². The van der Waals surface area contributed by atoms with Crippen molar-refractivity contribution in [1.29, 1.82) is 0 Å². The molecule has 70 valence electrons. The molecule has 2 rings (SSSR count). The summed E-state index contributed by atoms with van der Waals surface area (Å²) in [6, 6.07) is 3.60. The Balaban J connectivity index is 2.22. The first-order chi connectivity index (χ1) is 6.14. The lowest BCUT2D eigenvalue weighted by Gasteiger charge is -2.44. The normalized spacial score (nSPS) is 29.8. The van der Waals surface area contributed by atoms with Crippen molar-refractivity contribution in [3.05, 3.63) is 36.3 Å². The first-order valence-corrected chi connectivity index (χ1v) is 4.54. The summed E-state index contributed by atoms with van der Waals surface area (Å²) < 4.78 is 5.17. The van der Waals surface area contributed by atoms with Crippen LogP contribution in [0, 0.1) is 5.41 Å². The van der Waals surface area contributed by atoms with Crippen LogP contribution in [-0.4, -0.2) is 5.11 Å². The maximum atomic E-state index is 10.0. The number of furan rings is 1. The van der Waals surface area contributed by atoms with Crippen molar-refractivity contribution in [3.8, 4) is 0 Å². The lowest BCUT2D eigenvalue weighted by molar-refractivity contribution is 0.0103. The third-order valence-corrected chi connectivity index (χ3v) is 3.17. The van der Waals surface area contributed by atoms with Gasteiger partial charge < -0.3 is 9.52 Å². The molecule has 1 aromatic rings. The Labute approximate surface area is 77.9 Å². The molecule has 1 aliphatic carbocycles. The molecule has 0 aromatic carbocycles. The highest BCUT2D eigenvalue weighted by molar-refractivity contribution is 5.24. The summed E-state index contributed by atoms with van der Waals surface area (Å²) in [5.74, 6) is 0.642. The molecule has 1 aromatic heterocycles. The quantitative estimate of drug-likeness (QED) is 0.706. The van der Waals surface area contributed by atoms with Crippen molar-refractivity contribution < 1.29 is 9.52 Å². The second kappa shape index (κ2) is 2.74. The van der Waals surface area contributed by atoms with Gasteiger partial charge in [-0.15, -0.1) is 0 Å². The van der Waals surface area contributed by atoms with Crippen LogP contribution in [0.4, 0.5) is 0 Å². The summed E-state index contributed by atoms with van der Waals surface area (Å²) in [4.78, 5) is 0. The van der Waals surface area contributed by atoms with E-state index in [-0.39, 0.29) is 5.41 Å². The number of aliphatic hydroxyl groups is 1. The zero-order valence-electron chi connectivity index (χ0n) is 7.79. The average Bonchev–Trinajstić information content (AvgIpc) is 2.65. The molecule has 2 atom stereocenters. The molecule has 2 nitrogen and oxygen atoms in total. The van der Waals surface area contributed by atoms with Crippen LogP contribution >= 0.6 is 0 Å². The molecule has 1 aliphatic rings. The number of rotatable bonds is 2. The van der Waals surface area contributed by atoms with Crippen LogP contribution in [0.5, 0.6) is 0 Å². The van der Waals surface area contributed by atoms with Gasteiger partial charge in [0, 0.05) is 5.41 Å². The molecule has 0 bridgehead atoms. The summed E-state index contributed by atoms with van der Waals surface area (Å²) >= 11 is 0. The fraction of sp³-hybridized carbons (Fsp3) is 0.455. The summed E-state index contributed by atoms with van der Waals surface area (Å²) in [5, 5.41) is 10.0. The van der Waals surface area contributed by atoms with Crippen LogP contribution in [0.1, 0.15) is 31.6 Å². The molecule has 1 heterocycles. The zero-order chi connectivity index (χ0) is 9.47. The minimum Gasteiger partial charge on any atom is -0.467 e. The lowest BCUT2D eigenvalue weighted by atomic mass is 9.62. The number of aliphatic hydroxyl groups excluding tert-OH is 1. The largest absolute Gasteiger partial charge is 0.467 e. The van der Waals surface area contributed by atoms with Crippen LogP contribution in [0.2, 0.25) is 0 Å². The first-order valence-electron chi connectivity index (χ1n) is 4.54. The first kappa shape index (κ1) is 8.57. The number of hydrogen-bond acceptors (Lipinski definition) is 2. The summed E-state index contributed by atoms with van der Waals surface area (Å²) in [7, 11) is 0. The highest BCUT2D eigenvalue weighted by Crippen LogP contribution is 2.53. The molecule has 0 saturated heterocycles. The highest BCUT2D eigenvalue weighted by atomic mass is 16.4. The monoisotopic (exact) mass is 178 g/mol. The molecule has 0 spiro atoms. The van der Waals surface area contributed by atoms with E-state index in [1.807, 2.05) is 13.0 Å². The van der Waals surface area contributed by atoms with Gasteiger partial charge in [0.25, 0.3) is 0 Å².